The van der Waals surface area contributed by atoms with Crippen LogP contribution in [-0.4, -0.2) is 17.3 Å². The number of rotatable bonds is 3. The van der Waals surface area contributed by atoms with Crippen molar-refractivity contribution in [2.45, 2.75) is 25.7 Å². The molecule has 1 aliphatic carbocycles. The maximum atomic E-state index is 12.1. The minimum Gasteiger partial charge on any atom is -0.299 e. The highest BCUT2D eigenvalue weighted by atomic mass is 35.5. The molecule has 1 aromatic rings. The van der Waals surface area contributed by atoms with Gasteiger partial charge in [0.15, 0.2) is 5.78 Å². The van der Waals surface area contributed by atoms with Crippen LogP contribution in [0.3, 0.4) is 0 Å². The third-order valence-electron chi connectivity index (χ3n) is 3.24. The second-order valence-electron chi connectivity index (χ2n) is 4.59. The summed E-state index contributed by atoms with van der Waals surface area (Å²) in [5.74, 6) is -1.38. The van der Waals surface area contributed by atoms with E-state index in [-0.39, 0.29) is 28.8 Å². The maximum Gasteiger partial charge on any atom is 0.165 e. The van der Waals surface area contributed by atoms with Gasteiger partial charge in [0, 0.05) is 29.8 Å². The van der Waals surface area contributed by atoms with Crippen LogP contribution >= 0.6 is 23.2 Å². The highest BCUT2D eigenvalue weighted by molar-refractivity contribution is 6.37. The number of carbonyl (C=O) groups excluding carboxylic acids is 3. The van der Waals surface area contributed by atoms with Crippen LogP contribution in [0.2, 0.25) is 10.0 Å². The molecule has 0 aromatic heterocycles. The first-order chi connectivity index (χ1) is 8.99. The summed E-state index contributed by atoms with van der Waals surface area (Å²) in [6.45, 7) is 0. The van der Waals surface area contributed by atoms with Gasteiger partial charge in [-0.2, -0.15) is 0 Å². The van der Waals surface area contributed by atoms with Gasteiger partial charge in [-0.3, -0.25) is 14.4 Å². The van der Waals surface area contributed by atoms with Gasteiger partial charge in [0.1, 0.15) is 11.6 Å². The molecule has 0 radical (unpaired) electrons. The molecule has 0 saturated heterocycles. The van der Waals surface area contributed by atoms with Gasteiger partial charge in [0.2, 0.25) is 0 Å². The molecular formula is C14H12Cl2O3. The van der Waals surface area contributed by atoms with E-state index in [1.54, 1.807) is 6.07 Å². The topological polar surface area (TPSA) is 51.2 Å². The van der Waals surface area contributed by atoms with E-state index in [4.69, 9.17) is 23.2 Å². The van der Waals surface area contributed by atoms with Gasteiger partial charge in [-0.05, 0) is 24.6 Å². The normalized spacial score (nSPS) is 16.7. The second-order valence-corrected chi connectivity index (χ2v) is 5.43. The van der Waals surface area contributed by atoms with Gasteiger partial charge in [-0.1, -0.05) is 23.2 Å². The molecule has 0 atom stereocenters. The van der Waals surface area contributed by atoms with Gasteiger partial charge in [-0.25, -0.2) is 0 Å². The molecule has 3 nitrogen and oxygen atoms in total. The van der Waals surface area contributed by atoms with Crippen LogP contribution in [0.15, 0.2) is 18.2 Å². The summed E-state index contributed by atoms with van der Waals surface area (Å²) in [7, 11) is 0. The molecular weight excluding hydrogens is 287 g/mol. The maximum absolute atomic E-state index is 12.1. The van der Waals surface area contributed by atoms with Crippen LogP contribution in [-0.2, 0) is 9.59 Å². The average molecular weight is 299 g/mol. The lowest BCUT2D eigenvalue weighted by atomic mass is 9.82. The molecule has 19 heavy (non-hydrogen) atoms. The lowest BCUT2D eigenvalue weighted by Gasteiger charge is -2.18. The molecule has 100 valence electrons. The first-order valence-corrected chi connectivity index (χ1v) is 6.78. The molecule has 1 fully saturated rings. The van der Waals surface area contributed by atoms with Crippen molar-refractivity contribution in [3.63, 3.8) is 0 Å². The molecule has 0 aliphatic heterocycles. The minimum absolute atomic E-state index is 0.0982. The third-order valence-corrected chi connectivity index (χ3v) is 3.79. The van der Waals surface area contributed by atoms with Crippen LogP contribution in [0.4, 0.5) is 0 Å². The minimum atomic E-state index is -0.798. The van der Waals surface area contributed by atoms with Gasteiger partial charge >= 0.3 is 0 Å². The highest BCUT2D eigenvalue weighted by Gasteiger charge is 2.32. The van der Waals surface area contributed by atoms with Crippen LogP contribution < -0.4 is 0 Å². The van der Waals surface area contributed by atoms with Crippen molar-refractivity contribution in [3.8, 4) is 0 Å². The molecule has 5 heteroatoms. The van der Waals surface area contributed by atoms with E-state index in [1.807, 2.05) is 0 Å². The number of carbonyl (C=O) groups is 3. The largest absolute Gasteiger partial charge is 0.299 e. The van der Waals surface area contributed by atoms with E-state index >= 15 is 0 Å². The predicted octanol–water partition coefficient (Wildman–Crippen LogP) is 3.50. The number of Topliss-reactive ketones (excluding diaryl/α,β-unsaturated/α-hetero) is 3. The summed E-state index contributed by atoms with van der Waals surface area (Å²) in [4.78, 5) is 35.5. The van der Waals surface area contributed by atoms with Gasteiger partial charge in [-0.15, -0.1) is 0 Å². The van der Waals surface area contributed by atoms with Crippen molar-refractivity contribution in [1.82, 2.24) is 0 Å². The molecule has 1 saturated carbocycles. The number of hydrogen-bond acceptors (Lipinski definition) is 3. The molecule has 0 amide bonds. The van der Waals surface area contributed by atoms with Crippen LogP contribution in [0.1, 0.15) is 36.0 Å². The third kappa shape index (κ3) is 3.23. The van der Waals surface area contributed by atoms with Crippen LogP contribution in [0.25, 0.3) is 0 Å². The van der Waals surface area contributed by atoms with Crippen LogP contribution in [0.5, 0.6) is 0 Å². The molecule has 0 spiro atoms. The van der Waals surface area contributed by atoms with E-state index in [2.05, 4.69) is 0 Å². The summed E-state index contributed by atoms with van der Waals surface area (Å²) in [6.07, 6.45) is 1.24. The van der Waals surface area contributed by atoms with E-state index in [9.17, 15) is 14.4 Å². The van der Waals surface area contributed by atoms with Crippen LogP contribution in [0, 0.1) is 5.92 Å². The number of ketones is 3. The lowest BCUT2D eigenvalue weighted by molar-refractivity contribution is -0.135. The smallest absolute Gasteiger partial charge is 0.165 e. The standard InChI is InChI=1S/C14H12Cl2O3/c15-8-4-5-9(11(16)6-8)14(19)7-10-12(17)2-1-3-13(10)18/h4-6,10H,1-3,7H2. The van der Waals surface area contributed by atoms with Crippen molar-refractivity contribution in [1.29, 1.82) is 0 Å². The molecule has 1 aromatic carbocycles. The SMILES string of the molecule is O=C(CC1C(=O)CCCC1=O)c1ccc(Cl)cc1Cl. The van der Waals surface area contributed by atoms with E-state index < -0.39 is 5.92 Å². The molecule has 0 N–H and O–H groups in total. The zero-order valence-electron chi connectivity index (χ0n) is 10.1. The molecule has 1 aliphatic rings. The quantitative estimate of drug-likeness (QED) is 0.634. The van der Waals surface area contributed by atoms with Gasteiger partial charge in [0.05, 0.1) is 10.9 Å². The summed E-state index contributed by atoms with van der Waals surface area (Å²) in [6, 6.07) is 4.55. The number of benzene rings is 1. The molecule has 2 rings (SSSR count). The van der Waals surface area contributed by atoms with Crippen molar-refractivity contribution < 1.29 is 14.4 Å². The number of halogens is 2. The van der Waals surface area contributed by atoms with E-state index in [0.717, 1.165) is 0 Å². The Balaban J connectivity index is 2.16. The Bertz CT molecular complexity index is 536. The van der Waals surface area contributed by atoms with E-state index in [0.29, 0.717) is 29.8 Å². The zero-order valence-corrected chi connectivity index (χ0v) is 11.6. The number of hydrogen-bond donors (Lipinski definition) is 0. The highest BCUT2D eigenvalue weighted by Crippen LogP contribution is 2.26. The second kappa shape index (κ2) is 5.85. The Morgan fingerprint density at radius 3 is 2.37 bits per heavy atom. The Morgan fingerprint density at radius 2 is 1.79 bits per heavy atom. The molecule has 0 bridgehead atoms. The average Bonchev–Trinajstić information content (AvgIpc) is 2.33. The first kappa shape index (κ1) is 14.2. The molecule has 0 heterocycles. The summed E-state index contributed by atoms with van der Waals surface area (Å²) in [5, 5.41) is 0.680. The fourth-order valence-electron chi connectivity index (χ4n) is 2.20. The summed E-state index contributed by atoms with van der Waals surface area (Å²) in [5.41, 5.74) is 0.303. The Morgan fingerprint density at radius 1 is 1.16 bits per heavy atom. The Kier molecular flexibility index (Phi) is 4.38. The Labute approximate surface area is 120 Å². The van der Waals surface area contributed by atoms with Gasteiger partial charge in [0.25, 0.3) is 0 Å². The summed E-state index contributed by atoms with van der Waals surface area (Å²) < 4.78 is 0. The fourth-order valence-corrected chi connectivity index (χ4v) is 2.72. The zero-order chi connectivity index (χ0) is 14.0. The van der Waals surface area contributed by atoms with Crippen molar-refractivity contribution in [2.24, 2.45) is 5.92 Å². The lowest BCUT2D eigenvalue weighted by Crippen LogP contribution is -2.30. The van der Waals surface area contributed by atoms with E-state index in [1.165, 1.54) is 12.1 Å². The fraction of sp³-hybridized carbons (Fsp3) is 0.357. The molecule has 0 unspecified atom stereocenters. The monoisotopic (exact) mass is 298 g/mol. The predicted molar refractivity (Wildman–Crippen MR) is 72.8 cm³/mol. The van der Waals surface area contributed by atoms with Crippen molar-refractivity contribution in [3.05, 3.63) is 33.8 Å². The first-order valence-electron chi connectivity index (χ1n) is 6.02. The Hall–Kier alpha value is -1.19. The summed E-state index contributed by atoms with van der Waals surface area (Å²) >= 11 is 11.7. The van der Waals surface area contributed by atoms with Crippen molar-refractivity contribution in [2.75, 3.05) is 0 Å². The van der Waals surface area contributed by atoms with Gasteiger partial charge < -0.3 is 0 Å². The van der Waals surface area contributed by atoms with Crippen molar-refractivity contribution >= 4 is 40.6 Å².